The van der Waals surface area contributed by atoms with Gasteiger partial charge < -0.3 is 10.1 Å². The summed E-state index contributed by atoms with van der Waals surface area (Å²) in [5, 5.41) is 3.39. The monoisotopic (exact) mass is 259 g/mol. The summed E-state index contributed by atoms with van der Waals surface area (Å²) in [5.74, 6) is 2.14. The van der Waals surface area contributed by atoms with Crippen molar-refractivity contribution in [2.75, 3.05) is 25.2 Å². The molecule has 1 N–H and O–H groups in total. The van der Waals surface area contributed by atoms with Crippen LogP contribution >= 0.6 is 11.8 Å². The number of esters is 1. The van der Waals surface area contributed by atoms with Gasteiger partial charge in [-0.3, -0.25) is 0 Å². The minimum absolute atomic E-state index is 0.219. The first-order valence-electron chi connectivity index (χ1n) is 6.24. The molecule has 0 fully saturated rings. The van der Waals surface area contributed by atoms with E-state index in [1.165, 1.54) is 18.6 Å². The summed E-state index contributed by atoms with van der Waals surface area (Å²) in [6.45, 7) is 7.05. The lowest BCUT2D eigenvalue weighted by molar-refractivity contribution is -0.136. The second-order valence-corrected chi connectivity index (χ2v) is 5.26. The molecule has 0 saturated carbocycles. The van der Waals surface area contributed by atoms with Crippen LogP contribution in [0.4, 0.5) is 0 Å². The lowest BCUT2D eigenvalue weighted by atomic mass is 10.2. The van der Waals surface area contributed by atoms with Gasteiger partial charge in [-0.05, 0) is 31.3 Å². The summed E-state index contributed by atoms with van der Waals surface area (Å²) in [6.07, 6.45) is 3.80. The van der Waals surface area contributed by atoms with Crippen LogP contribution in [0.3, 0.4) is 0 Å². The van der Waals surface area contributed by atoms with E-state index in [0.29, 0.717) is 12.5 Å². The number of thioether (sulfide) groups is 1. The molecule has 4 heteroatoms. The maximum Gasteiger partial charge on any atom is 0.333 e. The van der Waals surface area contributed by atoms with Gasteiger partial charge in [-0.15, -0.1) is 0 Å². The molecular formula is C13H25NO2S. The third-order valence-corrected chi connectivity index (χ3v) is 3.48. The molecule has 1 unspecified atom stereocenters. The first kappa shape index (κ1) is 16.5. The molecule has 0 bridgehead atoms. The molecule has 0 aromatic carbocycles. The Balaban J connectivity index is 3.85. The number of rotatable bonds is 9. The topological polar surface area (TPSA) is 38.3 Å². The van der Waals surface area contributed by atoms with Crippen LogP contribution < -0.4 is 5.32 Å². The fraction of sp³-hybridized carbons (Fsp3) is 0.769. The molecule has 1 atom stereocenters. The Morgan fingerprint density at radius 1 is 1.47 bits per heavy atom. The largest absolute Gasteiger partial charge is 0.466 e. The number of methoxy groups -OCH3 is 1. The van der Waals surface area contributed by atoms with Crippen LogP contribution in [0.25, 0.3) is 0 Å². The molecule has 0 aliphatic carbocycles. The maximum absolute atomic E-state index is 11.3. The van der Waals surface area contributed by atoms with Crippen LogP contribution in [-0.2, 0) is 9.53 Å². The molecule has 0 amide bonds. The highest BCUT2D eigenvalue weighted by atomic mass is 32.2. The molecule has 0 aliphatic heterocycles. The lowest BCUT2D eigenvalue weighted by Gasteiger charge is -2.12. The standard InChI is InChI=1S/C13H25NO2S/c1-5-12(13(15)16-4)7-9-14-11(3)8-10-17-6-2/h7,11,14H,5-6,8-10H2,1-4H3/b12-7-. The number of hydrogen-bond acceptors (Lipinski definition) is 4. The number of nitrogens with one attached hydrogen (secondary N) is 1. The summed E-state index contributed by atoms with van der Waals surface area (Å²) >= 11 is 1.96. The Labute approximate surface area is 109 Å². The Morgan fingerprint density at radius 3 is 2.71 bits per heavy atom. The third-order valence-electron chi connectivity index (χ3n) is 2.54. The number of carbonyl (C=O) groups excluding carboxylic acids is 1. The van der Waals surface area contributed by atoms with Crippen molar-refractivity contribution in [1.29, 1.82) is 0 Å². The number of ether oxygens (including phenoxy) is 1. The second kappa shape index (κ2) is 10.7. The highest BCUT2D eigenvalue weighted by Gasteiger charge is 2.06. The van der Waals surface area contributed by atoms with Gasteiger partial charge in [0.15, 0.2) is 0 Å². The summed E-state index contributed by atoms with van der Waals surface area (Å²) in [4.78, 5) is 11.3. The molecule has 0 aliphatic rings. The maximum atomic E-state index is 11.3. The second-order valence-electron chi connectivity index (χ2n) is 3.87. The number of hydrogen-bond donors (Lipinski definition) is 1. The van der Waals surface area contributed by atoms with Crippen molar-refractivity contribution in [3.8, 4) is 0 Å². The minimum atomic E-state index is -0.219. The zero-order chi connectivity index (χ0) is 13.1. The van der Waals surface area contributed by atoms with Crippen LogP contribution in [0.15, 0.2) is 11.6 Å². The molecule has 0 heterocycles. The Kier molecular flexibility index (Phi) is 10.4. The van der Waals surface area contributed by atoms with Crippen LogP contribution in [0.5, 0.6) is 0 Å². The van der Waals surface area contributed by atoms with Crippen LogP contribution in [0, 0.1) is 0 Å². The van der Waals surface area contributed by atoms with Gasteiger partial charge in [-0.25, -0.2) is 4.79 Å². The van der Waals surface area contributed by atoms with Gasteiger partial charge in [0.05, 0.1) is 7.11 Å². The summed E-state index contributed by atoms with van der Waals surface area (Å²) in [7, 11) is 1.42. The van der Waals surface area contributed by atoms with Gasteiger partial charge in [0.1, 0.15) is 0 Å². The van der Waals surface area contributed by atoms with Gasteiger partial charge in [0.25, 0.3) is 0 Å². The van der Waals surface area contributed by atoms with Gasteiger partial charge in [0, 0.05) is 18.2 Å². The van der Waals surface area contributed by atoms with E-state index in [9.17, 15) is 4.79 Å². The summed E-state index contributed by atoms with van der Waals surface area (Å²) in [5.41, 5.74) is 0.745. The molecule has 0 rings (SSSR count). The van der Waals surface area contributed by atoms with Crippen molar-refractivity contribution in [2.45, 2.75) is 39.7 Å². The molecule has 0 radical (unpaired) electrons. The summed E-state index contributed by atoms with van der Waals surface area (Å²) in [6, 6.07) is 0.487. The Hall–Kier alpha value is -0.480. The van der Waals surface area contributed by atoms with Crippen molar-refractivity contribution >= 4 is 17.7 Å². The molecule has 100 valence electrons. The van der Waals surface area contributed by atoms with Crippen molar-refractivity contribution in [3.63, 3.8) is 0 Å². The van der Waals surface area contributed by atoms with Crippen LogP contribution in [0.1, 0.15) is 33.6 Å². The molecule has 3 nitrogen and oxygen atoms in total. The fourth-order valence-corrected chi connectivity index (χ4v) is 2.20. The predicted octanol–water partition coefficient (Wildman–Crippen LogP) is 2.62. The summed E-state index contributed by atoms with van der Waals surface area (Å²) < 4.78 is 4.70. The van der Waals surface area contributed by atoms with Gasteiger partial charge in [-0.1, -0.05) is 19.9 Å². The van der Waals surface area contributed by atoms with Gasteiger partial charge in [-0.2, -0.15) is 11.8 Å². The van der Waals surface area contributed by atoms with E-state index in [4.69, 9.17) is 4.74 Å². The highest BCUT2D eigenvalue weighted by molar-refractivity contribution is 7.99. The lowest BCUT2D eigenvalue weighted by Crippen LogP contribution is -2.27. The normalized spacial score (nSPS) is 13.5. The van der Waals surface area contributed by atoms with E-state index in [1.807, 2.05) is 24.8 Å². The predicted molar refractivity (Wildman–Crippen MR) is 75.5 cm³/mol. The van der Waals surface area contributed by atoms with E-state index in [0.717, 1.165) is 18.5 Å². The first-order valence-corrected chi connectivity index (χ1v) is 7.39. The average Bonchev–Trinajstić information content (AvgIpc) is 2.34. The fourth-order valence-electron chi connectivity index (χ4n) is 1.39. The Bertz CT molecular complexity index is 242. The van der Waals surface area contributed by atoms with Crippen molar-refractivity contribution in [1.82, 2.24) is 5.32 Å². The molecule has 0 saturated heterocycles. The van der Waals surface area contributed by atoms with E-state index in [1.54, 1.807) is 0 Å². The molecule has 17 heavy (non-hydrogen) atoms. The SMILES string of the molecule is CCSCCC(C)NC/C=C(/CC)C(=O)OC. The van der Waals surface area contributed by atoms with Gasteiger partial charge >= 0.3 is 5.97 Å². The van der Waals surface area contributed by atoms with E-state index in [2.05, 4.69) is 19.2 Å². The molecule has 0 aromatic rings. The zero-order valence-electron chi connectivity index (χ0n) is 11.4. The van der Waals surface area contributed by atoms with Crippen LogP contribution in [0.2, 0.25) is 0 Å². The van der Waals surface area contributed by atoms with Crippen molar-refractivity contribution in [2.24, 2.45) is 0 Å². The molecule has 0 spiro atoms. The van der Waals surface area contributed by atoms with E-state index >= 15 is 0 Å². The van der Waals surface area contributed by atoms with E-state index < -0.39 is 0 Å². The first-order chi connectivity index (χ1) is 8.15. The number of carbonyl (C=O) groups is 1. The van der Waals surface area contributed by atoms with Crippen LogP contribution in [-0.4, -0.2) is 37.2 Å². The highest BCUT2D eigenvalue weighted by Crippen LogP contribution is 2.05. The average molecular weight is 259 g/mol. The van der Waals surface area contributed by atoms with Crippen molar-refractivity contribution < 1.29 is 9.53 Å². The minimum Gasteiger partial charge on any atom is -0.466 e. The van der Waals surface area contributed by atoms with Gasteiger partial charge in [0.2, 0.25) is 0 Å². The quantitative estimate of drug-likeness (QED) is 0.392. The third kappa shape index (κ3) is 8.27. The smallest absolute Gasteiger partial charge is 0.333 e. The zero-order valence-corrected chi connectivity index (χ0v) is 12.2. The Morgan fingerprint density at radius 2 is 2.18 bits per heavy atom. The van der Waals surface area contributed by atoms with E-state index in [-0.39, 0.29) is 5.97 Å². The van der Waals surface area contributed by atoms with Crippen molar-refractivity contribution in [3.05, 3.63) is 11.6 Å². The molecular weight excluding hydrogens is 234 g/mol. The molecule has 0 aromatic heterocycles.